The lowest BCUT2D eigenvalue weighted by atomic mass is 9.90. The van der Waals surface area contributed by atoms with E-state index in [0.717, 1.165) is 19.3 Å². The van der Waals surface area contributed by atoms with Crippen molar-refractivity contribution in [2.75, 3.05) is 18.1 Å². The Balaban J connectivity index is 1.41. The van der Waals surface area contributed by atoms with Gasteiger partial charge in [-0.25, -0.2) is 8.42 Å². The monoisotopic (exact) mass is 363 g/mol. The number of benzene rings is 1. The van der Waals surface area contributed by atoms with E-state index in [2.05, 4.69) is 36.5 Å². The Morgan fingerprint density at radius 1 is 1.20 bits per heavy atom. The molecule has 1 aliphatic carbocycles. The predicted octanol–water partition coefficient (Wildman–Crippen LogP) is 3.21. The van der Waals surface area contributed by atoms with E-state index >= 15 is 0 Å². The average Bonchev–Trinajstić information content (AvgIpc) is 3.34. The van der Waals surface area contributed by atoms with Crippen molar-refractivity contribution in [1.29, 1.82) is 0 Å². The summed E-state index contributed by atoms with van der Waals surface area (Å²) < 4.78 is 22.9. The summed E-state index contributed by atoms with van der Waals surface area (Å²) in [5.41, 5.74) is 2.52. The first kappa shape index (κ1) is 18.4. The third-order valence-corrected chi connectivity index (χ3v) is 7.38. The lowest BCUT2D eigenvalue weighted by molar-refractivity contribution is -0.121. The highest BCUT2D eigenvalue weighted by molar-refractivity contribution is 7.91. The summed E-state index contributed by atoms with van der Waals surface area (Å²) in [6, 6.07) is 8.56. The molecule has 0 spiro atoms. The molecule has 0 bridgehead atoms. The second-order valence-corrected chi connectivity index (χ2v) is 10.0. The zero-order chi connectivity index (χ0) is 17.9. The molecule has 1 saturated heterocycles. The van der Waals surface area contributed by atoms with Crippen molar-refractivity contribution < 1.29 is 13.2 Å². The topological polar surface area (TPSA) is 63.2 Å². The maximum Gasteiger partial charge on any atom is 0.220 e. The molecule has 0 aromatic heterocycles. The summed E-state index contributed by atoms with van der Waals surface area (Å²) in [7, 11) is -2.79. The summed E-state index contributed by atoms with van der Waals surface area (Å²) in [4.78, 5) is 12.3. The second-order valence-electron chi connectivity index (χ2n) is 7.82. The highest BCUT2D eigenvalue weighted by Crippen LogP contribution is 2.44. The largest absolute Gasteiger partial charge is 0.356 e. The van der Waals surface area contributed by atoms with E-state index in [1.807, 2.05) is 0 Å². The van der Waals surface area contributed by atoms with E-state index < -0.39 is 9.84 Å². The molecule has 5 heteroatoms. The standard InChI is InChI=1S/C20H29NO3S/c1-15-4-6-17(7-5-15)19(18-8-9-18)13-20(22)21-11-2-3-16-10-12-25(23,24)14-16/h4-7,16,18-19H,2-3,8-14H2,1H3,(H,21,22). The number of sulfone groups is 1. The molecule has 4 nitrogen and oxygen atoms in total. The summed E-state index contributed by atoms with van der Waals surface area (Å²) in [6.45, 7) is 2.73. The van der Waals surface area contributed by atoms with Crippen LogP contribution in [-0.4, -0.2) is 32.4 Å². The number of aryl methyl sites for hydroxylation is 1. The maximum absolute atomic E-state index is 12.3. The summed E-state index contributed by atoms with van der Waals surface area (Å²) in [5, 5.41) is 3.03. The van der Waals surface area contributed by atoms with Crippen LogP contribution in [0.1, 0.15) is 55.6 Å². The second kappa shape index (κ2) is 7.90. The molecule has 1 amide bonds. The zero-order valence-electron chi connectivity index (χ0n) is 15.0. The number of amides is 1. The van der Waals surface area contributed by atoms with Crippen LogP contribution in [0.5, 0.6) is 0 Å². The molecule has 1 aromatic rings. The molecule has 1 aliphatic heterocycles. The minimum absolute atomic E-state index is 0.122. The van der Waals surface area contributed by atoms with E-state index in [0.29, 0.717) is 36.3 Å². The van der Waals surface area contributed by atoms with Crippen LogP contribution in [0.3, 0.4) is 0 Å². The molecule has 0 radical (unpaired) electrons. The van der Waals surface area contributed by atoms with Gasteiger partial charge >= 0.3 is 0 Å². The average molecular weight is 364 g/mol. The van der Waals surface area contributed by atoms with Crippen LogP contribution in [0.4, 0.5) is 0 Å². The SMILES string of the molecule is Cc1ccc(C(CC(=O)NCCCC2CCS(=O)(=O)C2)C2CC2)cc1. The summed E-state index contributed by atoms with van der Waals surface area (Å²) >= 11 is 0. The minimum atomic E-state index is -2.79. The van der Waals surface area contributed by atoms with Crippen molar-refractivity contribution in [3.63, 3.8) is 0 Å². The van der Waals surface area contributed by atoms with Crippen molar-refractivity contribution in [2.24, 2.45) is 11.8 Å². The molecule has 3 rings (SSSR count). The summed E-state index contributed by atoms with van der Waals surface area (Å²) in [6.07, 6.45) is 5.55. The zero-order valence-corrected chi connectivity index (χ0v) is 15.9. The summed E-state index contributed by atoms with van der Waals surface area (Å²) in [5.74, 6) is 2.06. The van der Waals surface area contributed by atoms with Crippen molar-refractivity contribution in [2.45, 2.75) is 51.4 Å². The van der Waals surface area contributed by atoms with Crippen LogP contribution >= 0.6 is 0 Å². The van der Waals surface area contributed by atoms with Crippen LogP contribution in [0.2, 0.25) is 0 Å². The van der Waals surface area contributed by atoms with Gasteiger partial charge in [-0.3, -0.25) is 4.79 Å². The van der Waals surface area contributed by atoms with Gasteiger partial charge < -0.3 is 5.32 Å². The molecular weight excluding hydrogens is 334 g/mol. The van der Waals surface area contributed by atoms with Gasteiger partial charge in [-0.2, -0.15) is 0 Å². The third kappa shape index (κ3) is 5.56. The number of hydrogen-bond donors (Lipinski definition) is 1. The van der Waals surface area contributed by atoms with Gasteiger partial charge in [0.05, 0.1) is 11.5 Å². The van der Waals surface area contributed by atoms with E-state index in [4.69, 9.17) is 0 Å². The molecular formula is C20H29NO3S. The first-order chi connectivity index (χ1) is 11.9. The molecule has 25 heavy (non-hydrogen) atoms. The Bertz CT molecular complexity index is 692. The van der Waals surface area contributed by atoms with Crippen molar-refractivity contribution in [3.8, 4) is 0 Å². The Kier molecular flexibility index (Phi) is 5.82. The van der Waals surface area contributed by atoms with Crippen molar-refractivity contribution >= 4 is 15.7 Å². The highest BCUT2D eigenvalue weighted by atomic mass is 32.2. The normalized spacial score (nSPS) is 23.3. The first-order valence-corrected chi connectivity index (χ1v) is 11.3. The number of hydrogen-bond acceptors (Lipinski definition) is 3. The first-order valence-electron chi connectivity index (χ1n) is 9.46. The molecule has 1 saturated carbocycles. The van der Waals surface area contributed by atoms with Crippen LogP contribution in [0, 0.1) is 18.8 Å². The molecule has 2 atom stereocenters. The molecule has 2 aliphatic rings. The van der Waals surface area contributed by atoms with Gasteiger partial charge in [-0.05, 0) is 62.3 Å². The van der Waals surface area contributed by atoms with Gasteiger partial charge in [0.15, 0.2) is 9.84 Å². The van der Waals surface area contributed by atoms with E-state index in [9.17, 15) is 13.2 Å². The van der Waals surface area contributed by atoms with Gasteiger partial charge in [-0.15, -0.1) is 0 Å². The molecule has 1 aromatic carbocycles. The number of rotatable bonds is 8. The van der Waals surface area contributed by atoms with Gasteiger partial charge in [0.25, 0.3) is 0 Å². The Morgan fingerprint density at radius 2 is 1.92 bits per heavy atom. The fourth-order valence-electron chi connectivity index (χ4n) is 3.86. The fraction of sp³-hybridized carbons (Fsp3) is 0.650. The predicted molar refractivity (Wildman–Crippen MR) is 100 cm³/mol. The lowest BCUT2D eigenvalue weighted by Crippen LogP contribution is -2.27. The van der Waals surface area contributed by atoms with Crippen LogP contribution in [0.15, 0.2) is 24.3 Å². The Morgan fingerprint density at radius 3 is 2.52 bits per heavy atom. The minimum Gasteiger partial charge on any atom is -0.356 e. The molecule has 1 heterocycles. The quantitative estimate of drug-likeness (QED) is 0.721. The van der Waals surface area contributed by atoms with Crippen molar-refractivity contribution in [1.82, 2.24) is 5.32 Å². The highest BCUT2D eigenvalue weighted by Gasteiger charge is 2.33. The van der Waals surface area contributed by atoms with Gasteiger partial charge in [0, 0.05) is 13.0 Å². The molecule has 1 N–H and O–H groups in total. The molecule has 2 fully saturated rings. The number of carbonyl (C=O) groups is 1. The number of nitrogens with one attached hydrogen (secondary N) is 1. The van der Waals surface area contributed by atoms with E-state index in [1.54, 1.807) is 0 Å². The Hall–Kier alpha value is -1.36. The van der Waals surface area contributed by atoms with Crippen LogP contribution in [-0.2, 0) is 14.6 Å². The molecule has 138 valence electrons. The van der Waals surface area contributed by atoms with Crippen molar-refractivity contribution in [3.05, 3.63) is 35.4 Å². The number of carbonyl (C=O) groups excluding carboxylic acids is 1. The van der Waals surface area contributed by atoms with Crippen LogP contribution < -0.4 is 5.32 Å². The fourth-order valence-corrected chi connectivity index (χ4v) is 5.77. The van der Waals surface area contributed by atoms with Crippen LogP contribution in [0.25, 0.3) is 0 Å². The maximum atomic E-state index is 12.3. The Labute approximate surface area is 151 Å². The van der Waals surface area contributed by atoms with Gasteiger partial charge in [0.2, 0.25) is 5.91 Å². The van der Waals surface area contributed by atoms with E-state index in [-0.39, 0.29) is 11.8 Å². The lowest BCUT2D eigenvalue weighted by Gasteiger charge is -2.17. The third-order valence-electron chi connectivity index (χ3n) is 5.54. The molecule has 2 unspecified atom stereocenters. The smallest absolute Gasteiger partial charge is 0.220 e. The van der Waals surface area contributed by atoms with E-state index in [1.165, 1.54) is 24.0 Å². The van der Waals surface area contributed by atoms with Gasteiger partial charge in [0.1, 0.15) is 0 Å². The van der Waals surface area contributed by atoms with Gasteiger partial charge in [-0.1, -0.05) is 29.8 Å².